The Morgan fingerprint density at radius 3 is 2.67 bits per heavy atom. The second-order valence-electron chi connectivity index (χ2n) is 3.92. The Hall–Kier alpha value is -1.10. The Labute approximate surface area is 89.3 Å². The van der Waals surface area contributed by atoms with Gasteiger partial charge in [0.25, 0.3) is 5.91 Å². The van der Waals surface area contributed by atoms with Crippen LogP contribution in [0.15, 0.2) is 0 Å². The summed E-state index contributed by atoms with van der Waals surface area (Å²) in [5, 5.41) is 0. The monoisotopic (exact) mass is 215 g/mol. The van der Waals surface area contributed by atoms with Crippen LogP contribution in [0.3, 0.4) is 0 Å². The summed E-state index contributed by atoms with van der Waals surface area (Å²) < 4.78 is 9.89. The number of carbonyl (C=O) groups is 2. The molecule has 1 amide bonds. The molecule has 5 heteroatoms. The van der Waals surface area contributed by atoms with Crippen LogP contribution in [-0.4, -0.2) is 49.7 Å². The highest BCUT2D eigenvalue weighted by molar-refractivity contribution is 5.88. The minimum atomic E-state index is -0.761. The lowest BCUT2D eigenvalue weighted by atomic mass is 10.0. The maximum Gasteiger partial charge on any atom is 0.325 e. The molecule has 0 aromatic carbocycles. The van der Waals surface area contributed by atoms with Crippen LogP contribution in [-0.2, 0) is 19.1 Å². The van der Waals surface area contributed by atoms with E-state index in [-0.39, 0.29) is 12.5 Å². The molecule has 0 aromatic heterocycles. The number of nitrogens with zero attached hydrogens (tertiary/aromatic N) is 1. The molecule has 86 valence electrons. The molecule has 1 aliphatic heterocycles. The van der Waals surface area contributed by atoms with Crippen LogP contribution in [0.5, 0.6) is 0 Å². The molecule has 15 heavy (non-hydrogen) atoms. The zero-order chi connectivity index (χ0) is 11.5. The van der Waals surface area contributed by atoms with Gasteiger partial charge in [0.15, 0.2) is 0 Å². The fraction of sp³-hybridized carbons (Fsp3) is 0.800. The molecule has 1 fully saturated rings. The van der Waals surface area contributed by atoms with E-state index in [0.29, 0.717) is 13.0 Å². The van der Waals surface area contributed by atoms with Crippen LogP contribution in [0.1, 0.15) is 19.8 Å². The molecule has 1 atom stereocenters. The molecular formula is C10H17NO4. The van der Waals surface area contributed by atoms with Gasteiger partial charge in [-0.3, -0.25) is 9.59 Å². The Kier molecular flexibility index (Phi) is 3.68. The Bertz CT molecular complexity index is 258. The molecule has 1 heterocycles. The topological polar surface area (TPSA) is 55.8 Å². The maximum absolute atomic E-state index is 11.9. The number of amides is 1. The zero-order valence-corrected chi connectivity index (χ0v) is 9.41. The summed E-state index contributed by atoms with van der Waals surface area (Å²) in [6, 6.07) is 0. The number of carbonyl (C=O) groups excluding carboxylic acids is 2. The SMILES string of the molecule is COC(=O)CN(C)C(=O)C1(C)CCCO1. The van der Waals surface area contributed by atoms with Gasteiger partial charge in [-0.1, -0.05) is 0 Å². The summed E-state index contributed by atoms with van der Waals surface area (Å²) in [5.74, 6) is -0.585. The summed E-state index contributed by atoms with van der Waals surface area (Å²) in [5.41, 5.74) is -0.761. The number of ether oxygens (including phenoxy) is 2. The fourth-order valence-corrected chi connectivity index (χ4v) is 1.68. The Balaban J connectivity index is 2.55. The van der Waals surface area contributed by atoms with E-state index in [9.17, 15) is 9.59 Å². The molecule has 5 nitrogen and oxygen atoms in total. The number of hydrogen-bond donors (Lipinski definition) is 0. The van der Waals surface area contributed by atoms with Gasteiger partial charge in [0.2, 0.25) is 0 Å². The van der Waals surface area contributed by atoms with Gasteiger partial charge in [-0.05, 0) is 19.8 Å². The second-order valence-corrected chi connectivity index (χ2v) is 3.92. The first kappa shape index (κ1) is 12.0. The molecule has 0 aromatic rings. The van der Waals surface area contributed by atoms with Crippen molar-refractivity contribution >= 4 is 11.9 Å². The van der Waals surface area contributed by atoms with E-state index in [1.165, 1.54) is 12.0 Å². The first-order valence-electron chi connectivity index (χ1n) is 4.96. The van der Waals surface area contributed by atoms with E-state index in [4.69, 9.17) is 4.74 Å². The first-order valence-corrected chi connectivity index (χ1v) is 4.96. The van der Waals surface area contributed by atoms with E-state index in [2.05, 4.69) is 4.74 Å². The third-order valence-corrected chi connectivity index (χ3v) is 2.61. The minimum absolute atomic E-state index is 0.0334. The van der Waals surface area contributed by atoms with Gasteiger partial charge in [-0.25, -0.2) is 0 Å². The van der Waals surface area contributed by atoms with Crippen molar-refractivity contribution in [2.24, 2.45) is 0 Å². The quantitative estimate of drug-likeness (QED) is 0.630. The first-order chi connectivity index (χ1) is 6.99. The van der Waals surface area contributed by atoms with Crippen molar-refractivity contribution in [1.82, 2.24) is 4.90 Å². The van der Waals surface area contributed by atoms with Crippen LogP contribution >= 0.6 is 0 Å². The Morgan fingerprint density at radius 2 is 2.20 bits per heavy atom. The van der Waals surface area contributed by atoms with E-state index in [0.717, 1.165) is 6.42 Å². The van der Waals surface area contributed by atoms with Crippen molar-refractivity contribution in [3.8, 4) is 0 Å². The van der Waals surface area contributed by atoms with E-state index < -0.39 is 11.6 Å². The fourth-order valence-electron chi connectivity index (χ4n) is 1.68. The van der Waals surface area contributed by atoms with E-state index in [1.54, 1.807) is 14.0 Å². The molecule has 1 unspecified atom stereocenters. The number of rotatable bonds is 3. The average molecular weight is 215 g/mol. The molecule has 0 radical (unpaired) electrons. The van der Waals surface area contributed by atoms with Crippen molar-refractivity contribution < 1.29 is 19.1 Å². The average Bonchev–Trinajstić information content (AvgIpc) is 2.65. The zero-order valence-electron chi connectivity index (χ0n) is 9.41. The van der Waals surface area contributed by atoms with Gasteiger partial charge in [-0.15, -0.1) is 0 Å². The summed E-state index contributed by atoms with van der Waals surface area (Å²) in [6.07, 6.45) is 1.59. The van der Waals surface area contributed by atoms with Gasteiger partial charge in [0.1, 0.15) is 12.1 Å². The normalized spacial score (nSPS) is 25.0. The molecule has 1 saturated heterocycles. The number of methoxy groups -OCH3 is 1. The second kappa shape index (κ2) is 4.61. The molecule has 0 saturated carbocycles. The molecule has 0 bridgehead atoms. The van der Waals surface area contributed by atoms with Gasteiger partial charge in [-0.2, -0.15) is 0 Å². The summed E-state index contributed by atoms with van der Waals surface area (Å²) in [6.45, 7) is 2.33. The maximum atomic E-state index is 11.9. The van der Waals surface area contributed by atoms with Crippen LogP contribution in [0.2, 0.25) is 0 Å². The van der Waals surface area contributed by atoms with Gasteiger partial charge in [0, 0.05) is 13.7 Å². The lowest BCUT2D eigenvalue weighted by Gasteiger charge is -2.27. The summed E-state index contributed by atoms with van der Waals surface area (Å²) in [7, 11) is 2.88. The largest absolute Gasteiger partial charge is 0.468 e. The molecule has 1 aliphatic rings. The highest BCUT2D eigenvalue weighted by Gasteiger charge is 2.39. The molecule has 0 spiro atoms. The lowest BCUT2D eigenvalue weighted by molar-refractivity contribution is -0.155. The van der Waals surface area contributed by atoms with Crippen LogP contribution in [0.4, 0.5) is 0 Å². The van der Waals surface area contributed by atoms with E-state index >= 15 is 0 Å². The molecule has 0 N–H and O–H groups in total. The predicted octanol–water partition coefficient (Wildman–Crippen LogP) is 0.187. The summed E-state index contributed by atoms with van der Waals surface area (Å²) in [4.78, 5) is 24.2. The minimum Gasteiger partial charge on any atom is -0.468 e. The third kappa shape index (κ3) is 2.68. The highest BCUT2D eigenvalue weighted by Crippen LogP contribution is 2.26. The number of hydrogen-bond acceptors (Lipinski definition) is 4. The lowest BCUT2D eigenvalue weighted by Crippen LogP contribution is -2.46. The smallest absolute Gasteiger partial charge is 0.325 e. The predicted molar refractivity (Wildman–Crippen MR) is 53.2 cm³/mol. The van der Waals surface area contributed by atoms with Crippen molar-refractivity contribution in [1.29, 1.82) is 0 Å². The highest BCUT2D eigenvalue weighted by atomic mass is 16.5. The van der Waals surface area contributed by atoms with Crippen molar-refractivity contribution in [2.45, 2.75) is 25.4 Å². The van der Waals surface area contributed by atoms with Gasteiger partial charge < -0.3 is 14.4 Å². The van der Waals surface area contributed by atoms with Crippen LogP contribution < -0.4 is 0 Å². The van der Waals surface area contributed by atoms with Crippen molar-refractivity contribution in [2.75, 3.05) is 27.3 Å². The number of esters is 1. The van der Waals surface area contributed by atoms with Crippen LogP contribution in [0, 0.1) is 0 Å². The standard InChI is InChI=1S/C10H17NO4/c1-10(5-4-6-15-10)9(13)11(2)7-8(12)14-3/h4-7H2,1-3H3. The van der Waals surface area contributed by atoms with Crippen molar-refractivity contribution in [3.63, 3.8) is 0 Å². The van der Waals surface area contributed by atoms with Crippen molar-refractivity contribution in [3.05, 3.63) is 0 Å². The molecule has 1 rings (SSSR count). The van der Waals surface area contributed by atoms with Gasteiger partial charge in [0.05, 0.1) is 7.11 Å². The molecular weight excluding hydrogens is 198 g/mol. The van der Waals surface area contributed by atoms with Gasteiger partial charge >= 0.3 is 5.97 Å². The Morgan fingerprint density at radius 1 is 1.53 bits per heavy atom. The molecule has 0 aliphatic carbocycles. The van der Waals surface area contributed by atoms with E-state index in [1.807, 2.05) is 0 Å². The number of likely N-dealkylation sites (N-methyl/N-ethyl adjacent to an activating group) is 1. The summed E-state index contributed by atoms with van der Waals surface area (Å²) >= 11 is 0. The van der Waals surface area contributed by atoms with Crippen LogP contribution in [0.25, 0.3) is 0 Å². The third-order valence-electron chi connectivity index (χ3n) is 2.61.